The fraction of sp³-hybridized carbons (Fsp3) is 0.0870. The Kier molecular flexibility index (Phi) is 6.20. The van der Waals surface area contributed by atoms with Crippen LogP contribution in [0.3, 0.4) is 0 Å². The molecule has 0 aliphatic heterocycles. The predicted molar refractivity (Wildman–Crippen MR) is 114 cm³/mol. The second-order valence-corrected chi connectivity index (χ2v) is 7.59. The van der Waals surface area contributed by atoms with E-state index in [9.17, 15) is 9.18 Å². The molecule has 1 atom stereocenters. The second kappa shape index (κ2) is 9.37. The van der Waals surface area contributed by atoms with E-state index in [1.54, 1.807) is 0 Å². The standard InChI is InChI=1S/C23H18FN3O2S/c24-18-11-13-19(14-12-18)25-22(28)21(17-9-5-2-6-10-17)30-23-27-26-20(29-23)15-16-7-3-1-4-8-16/h1-14,21H,15H2,(H,25,28)/t21-/m1/s1. The third-order valence-electron chi connectivity index (χ3n) is 4.32. The molecule has 30 heavy (non-hydrogen) atoms. The number of hydrogen-bond acceptors (Lipinski definition) is 5. The number of benzene rings is 3. The van der Waals surface area contributed by atoms with Gasteiger partial charge in [-0.25, -0.2) is 4.39 Å². The summed E-state index contributed by atoms with van der Waals surface area (Å²) in [7, 11) is 0. The highest BCUT2D eigenvalue weighted by Gasteiger charge is 2.25. The minimum absolute atomic E-state index is 0.263. The van der Waals surface area contributed by atoms with E-state index in [2.05, 4.69) is 15.5 Å². The largest absolute Gasteiger partial charge is 0.416 e. The minimum atomic E-state index is -0.610. The van der Waals surface area contributed by atoms with Gasteiger partial charge in [-0.3, -0.25) is 4.79 Å². The Bertz CT molecular complexity index is 1100. The first-order chi connectivity index (χ1) is 14.7. The number of aromatic nitrogens is 2. The van der Waals surface area contributed by atoms with E-state index in [1.807, 2.05) is 60.7 Å². The molecule has 0 saturated heterocycles. The molecule has 0 fully saturated rings. The van der Waals surface area contributed by atoms with Crippen molar-refractivity contribution in [3.05, 3.63) is 108 Å². The third-order valence-corrected chi connectivity index (χ3v) is 5.41. The Morgan fingerprint density at radius 1 is 0.933 bits per heavy atom. The molecule has 0 bridgehead atoms. The molecule has 0 unspecified atom stereocenters. The quantitative estimate of drug-likeness (QED) is 0.413. The molecule has 0 saturated carbocycles. The fourth-order valence-electron chi connectivity index (χ4n) is 2.87. The first kappa shape index (κ1) is 19.8. The molecular formula is C23H18FN3O2S. The van der Waals surface area contributed by atoms with Crippen molar-refractivity contribution >= 4 is 23.4 Å². The number of halogens is 1. The Balaban J connectivity index is 1.52. The van der Waals surface area contributed by atoms with Crippen LogP contribution < -0.4 is 5.32 Å². The number of hydrogen-bond donors (Lipinski definition) is 1. The molecule has 0 radical (unpaired) electrons. The molecule has 4 rings (SSSR count). The molecule has 1 amide bonds. The Labute approximate surface area is 177 Å². The summed E-state index contributed by atoms with van der Waals surface area (Å²) in [5, 5.41) is 10.7. The molecular weight excluding hydrogens is 401 g/mol. The summed E-state index contributed by atoms with van der Waals surface area (Å²) in [6.45, 7) is 0. The zero-order chi connectivity index (χ0) is 20.8. The molecule has 0 aliphatic carbocycles. The lowest BCUT2D eigenvalue weighted by Crippen LogP contribution is -2.19. The van der Waals surface area contributed by atoms with Gasteiger partial charge in [-0.1, -0.05) is 60.7 Å². The number of anilines is 1. The zero-order valence-corrected chi connectivity index (χ0v) is 16.7. The highest BCUT2D eigenvalue weighted by atomic mass is 32.2. The number of nitrogens with zero attached hydrogens (tertiary/aromatic N) is 2. The lowest BCUT2D eigenvalue weighted by atomic mass is 10.1. The number of thioether (sulfide) groups is 1. The first-order valence-corrected chi connectivity index (χ1v) is 10.2. The van der Waals surface area contributed by atoms with E-state index in [4.69, 9.17) is 4.42 Å². The van der Waals surface area contributed by atoms with Crippen LogP contribution in [0.1, 0.15) is 22.3 Å². The molecule has 4 aromatic rings. The average Bonchev–Trinajstić information content (AvgIpc) is 3.22. The van der Waals surface area contributed by atoms with Gasteiger partial charge in [0.15, 0.2) is 0 Å². The SMILES string of the molecule is O=C(Nc1ccc(F)cc1)[C@H](Sc1nnc(Cc2ccccc2)o1)c1ccccc1. The number of rotatable bonds is 7. The topological polar surface area (TPSA) is 68.0 Å². The molecule has 0 aliphatic rings. The smallest absolute Gasteiger partial charge is 0.277 e. The van der Waals surface area contributed by atoms with Crippen molar-refractivity contribution in [1.29, 1.82) is 0 Å². The minimum Gasteiger partial charge on any atom is -0.416 e. The van der Waals surface area contributed by atoms with Crippen molar-refractivity contribution in [1.82, 2.24) is 10.2 Å². The van der Waals surface area contributed by atoms with Gasteiger partial charge in [0.05, 0.1) is 6.42 Å². The van der Waals surface area contributed by atoms with Crippen LogP contribution >= 0.6 is 11.8 Å². The Morgan fingerprint density at radius 2 is 1.60 bits per heavy atom. The van der Waals surface area contributed by atoms with Crippen molar-refractivity contribution in [2.45, 2.75) is 16.9 Å². The van der Waals surface area contributed by atoms with Crippen molar-refractivity contribution in [3.8, 4) is 0 Å². The van der Waals surface area contributed by atoms with Gasteiger partial charge in [0.25, 0.3) is 5.22 Å². The molecule has 7 heteroatoms. The molecule has 1 N–H and O–H groups in total. The molecule has 150 valence electrons. The van der Waals surface area contributed by atoms with E-state index in [1.165, 1.54) is 36.0 Å². The van der Waals surface area contributed by atoms with Gasteiger partial charge < -0.3 is 9.73 Å². The highest BCUT2D eigenvalue weighted by molar-refractivity contribution is 8.00. The van der Waals surface area contributed by atoms with E-state index < -0.39 is 5.25 Å². The van der Waals surface area contributed by atoms with Gasteiger partial charge in [0, 0.05) is 5.69 Å². The summed E-state index contributed by atoms with van der Waals surface area (Å²) in [5.41, 5.74) is 2.37. The van der Waals surface area contributed by atoms with E-state index in [0.29, 0.717) is 23.2 Å². The molecule has 1 heterocycles. The summed E-state index contributed by atoms with van der Waals surface area (Å²) < 4.78 is 18.9. The summed E-state index contributed by atoms with van der Waals surface area (Å²) in [4.78, 5) is 13.0. The molecule has 3 aromatic carbocycles. The van der Waals surface area contributed by atoms with Crippen LogP contribution in [0, 0.1) is 5.82 Å². The number of carbonyl (C=O) groups excluding carboxylic acids is 1. The van der Waals surface area contributed by atoms with Crippen molar-refractivity contribution < 1.29 is 13.6 Å². The first-order valence-electron chi connectivity index (χ1n) is 9.32. The lowest BCUT2D eigenvalue weighted by molar-refractivity contribution is -0.115. The van der Waals surface area contributed by atoms with Crippen molar-refractivity contribution in [3.63, 3.8) is 0 Å². The summed E-state index contributed by atoms with van der Waals surface area (Å²) in [6, 6.07) is 24.8. The Hall–Kier alpha value is -3.45. The van der Waals surface area contributed by atoms with Crippen LogP contribution in [-0.4, -0.2) is 16.1 Å². The average molecular weight is 419 g/mol. The second-order valence-electron chi connectivity index (χ2n) is 6.53. The van der Waals surface area contributed by atoms with Crippen LogP contribution in [0.15, 0.2) is 94.6 Å². The van der Waals surface area contributed by atoms with Crippen LogP contribution in [0.4, 0.5) is 10.1 Å². The van der Waals surface area contributed by atoms with Gasteiger partial charge in [-0.05, 0) is 47.2 Å². The van der Waals surface area contributed by atoms with Gasteiger partial charge >= 0.3 is 0 Å². The summed E-state index contributed by atoms with van der Waals surface area (Å²) in [6.07, 6.45) is 0.520. The van der Waals surface area contributed by atoms with E-state index in [-0.39, 0.29) is 11.7 Å². The van der Waals surface area contributed by atoms with E-state index >= 15 is 0 Å². The maximum Gasteiger partial charge on any atom is 0.277 e. The molecule has 5 nitrogen and oxygen atoms in total. The van der Waals surface area contributed by atoms with Gasteiger partial charge in [-0.2, -0.15) is 0 Å². The monoisotopic (exact) mass is 419 g/mol. The lowest BCUT2D eigenvalue weighted by Gasteiger charge is -2.15. The fourth-order valence-corrected chi connectivity index (χ4v) is 3.76. The number of carbonyl (C=O) groups is 1. The van der Waals surface area contributed by atoms with Crippen LogP contribution in [-0.2, 0) is 11.2 Å². The number of nitrogens with one attached hydrogen (secondary N) is 1. The van der Waals surface area contributed by atoms with Gasteiger partial charge in [0.1, 0.15) is 11.1 Å². The Morgan fingerprint density at radius 3 is 2.30 bits per heavy atom. The summed E-state index contributed by atoms with van der Waals surface area (Å²) in [5.74, 6) is -0.145. The van der Waals surface area contributed by atoms with Gasteiger partial charge in [0.2, 0.25) is 11.8 Å². The van der Waals surface area contributed by atoms with Crippen LogP contribution in [0.25, 0.3) is 0 Å². The highest BCUT2D eigenvalue weighted by Crippen LogP contribution is 2.35. The summed E-state index contributed by atoms with van der Waals surface area (Å²) >= 11 is 1.18. The van der Waals surface area contributed by atoms with Gasteiger partial charge in [-0.15, -0.1) is 10.2 Å². The van der Waals surface area contributed by atoms with Crippen LogP contribution in [0.5, 0.6) is 0 Å². The maximum atomic E-state index is 13.1. The number of amides is 1. The normalized spacial score (nSPS) is 11.8. The van der Waals surface area contributed by atoms with Crippen LogP contribution in [0.2, 0.25) is 0 Å². The van der Waals surface area contributed by atoms with Crippen molar-refractivity contribution in [2.75, 3.05) is 5.32 Å². The van der Waals surface area contributed by atoms with Crippen molar-refractivity contribution in [2.24, 2.45) is 0 Å². The predicted octanol–water partition coefficient (Wildman–Crippen LogP) is 5.27. The van der Waals surface area contributed by atoms with E-state index in [0.717, 1.165) is 11.1 Å². The maximum absolute atomic E-state index is 13.1. The molecule has 0 spiro atoms. The molecule has 1 aromatic heterocycles. The zero-order valence-electron chi connectivity index (χ0n) is 15.9. The third kappa shape index (κ3) is 5.12.